The predicted octanol–water partition coefficient (Wildman–Crippen LogP) is 0.545. The SMILES string of the molecule is CNCC(=O)N[C@H]1CN(C(=O)Cc2ccccc2)CC[C@H]2CC[C@@H](C)N2C1=O. The second kappa shape index (κ2) is 9.19. The molecule has 0 bridgehead atoms. The molecule has 1 aromatic rings. The number of nitrogens with one attached hydrogen (secondary N) is 2. The van der Waals surface area contributed by atoms with E-state index < -0.39 is 6.04 Å². The number of likely N-dealkylation sites (N-methyl/N-ethyl adjacent to an activating group) is 1. The van der Waals surface area contributed by atoms with E-state index >= 15 is 0 Å². The van der Waals surface area contributed by atoms with Crippen molar-refractivity contribution >= 4 is 17.7 Å². The molecular formula is C21H30N4O3. The Morgan fingerprint density at radius 2 is 1.89 bits per heavy atom. The maximum atomic E-state index is 13.2. The maximum absolute atomic E-state index is 13.2. The van der Waals surface area contributed by atoms with Gasteiger partial charge >= 0.3 is 0 Å². The lowest BCUT2D eigenvalue weighted by Crippen LogP contribution is -2.60. The molecule has 152 valence electrons. The van der Waals surface area contributed by atoms with E-state index in [1.165, 1.54) is 0 Å². The normalized spacial score (nSPS) is 25.1. The van der Waals surface area contributed by atoms with Gasteiger partial charge in [-0.05, 0) is 38.8 Å². The molecule has 0 aliphatic carbocycles. The average molecular weight is 386 g/mol. The first kappa shape index (κ1) is 20.3. The summed E-state index contributed by atoms with van der Waals surface area (Å²) in [5, 5.41) is 5.64. The van der Waals surface area contributed by atoms with Gasteiger partial charge in [-0.1, -0.05) is 30.3 Å². The fraction of sp³-hybridized carbons (Fsp3) is 0.571. The minimum Gasteiger partial charge on any atom is -0.342 e. The van der Waals surface area contributed by atoms with E-state index in [-0.39, 0.29) is 42.9 Å². The third-order valence-electron chi connectivity index (χ3n) is 5.70. The highest BCUT2D eigenvalue weighted by atomic mass is 16.2. The van der Waals surface area contributed by atoms with Crippen molar-refractivity contribution in [3.63, 3.8) is 0 Å². The smallest absolute Gasteiger partial charge is 0.247 e. The summed E-state index contributed by atoms with van der Waals surface area (Å²) < 4.78 is 0. The van der Waals surface area contributed by atoms with Gasteiger partial charge in [-0.3, -0.25) is 14.4 Å². The van der Waals surface area contributed by atoms with Crippen molar-refractivity contribution in [2.75, 3.05) is 26.7 Å². The number of amides is 3. The molecule has 2 N–H and O–H groups in total. The van der Waals surface area contributed by atoms with Crippen LogP contribution in [0, 0.1) is 0 Å². The quantitative estimate of drug-likeness (QED) is 0.774. The van der Waals surface area contributed by atoms with Crippen LogP contribution in [-0.2, 0) is 20.8 Å². The Labute approximate surface area is 166 Å². The standard InChI is InChI=1S/C21H30N4O3/c1-15-8-9-17-10-11-24(20(27)12-16-6-4-3-5-7-16)14-18(21(28)25(15)17)23-19(26)13-22-2/h3-7,15,17-18,22H,8-14H2,1-2H3,(H,23,26)/t15-,17-,18+/m1/s1. The van der Waals surface area contributed by atoms with Crippen molar-refractivity contribution in [3.8, 4) is 0 Å². The number of carbonyl (C=O) groups excluding carboxylic acids is 3. The van der Waals surface area contributed by atoms with Crippen molar-refractivity contribution < 1.29 is 14.4 Å². The molecule has 7 heteroatoms. The first-order valence-corrected chi connectivity index (χ1v) is 10.1. The summed E-state index contributed by atoms with van der Waals surface area (Å²) in [6.07, 6.45) is 3.00. The van der Waals surface area contributed by atoms with Crippen LogP contribution in [0.15, 0.2) is 30.3 Å². The maximum Gasteiger partial charge on any atom is 0.247 e. The summed E-state index contributed by atoms with van der Waals surface area (Å²) >= 11 is 0. The van der Waals surface area contributed by atoms with E-state index in [4.69, 9.17) is 0 Å². The Balaban J connectivity index is 1.77. The molecule has 2 aliphatic rings. The molecule has 2 heterocycles. The van der Waals surface area contributed by atoms with E-state index in [0.717, 1.165) is 24.8 Å². The molecular weight excluding hydrogens is 356 g/mol. The van der Waals surface area contributed by atoms with Gasteiger partial charge in [-0.15, -0.1) is 0 Å². The minimum absolute atomic E-state index is 0.00800. The lowest BCUT2D eigenvalue weighted by Gasteiger charge is -2.38. The summed E-state index contributed by atoms with van der Waals surface area (Å²) in [7, 11) is 1.69. The molecule has 0 radical (unpaired) electrons. The molecule has 1 aromatic carbocycles. The number of carbonyl (C=O) groups is 3. The van der Waals surface area contributed by atoms with Crippen LogP contribution in [0.2, 0.25) is 0 Å². The van der Waals surface area contributed by atoms with Gasteiger partial charge in [0, 0.05) is 25.2 Å². The highest BCUT2D eigenvalue weighted by Gasteiger charge is 2.40. The highest BCUT2D eigenvalue weighted by Crippen LogP contribution is 2.28. The van der Waals surface area contributed by atoms with Gasteiger partial charge in [0.15, 0.2) is 0 Å². The molecule has 7 nitrogen and oxygen atoms in total. The van der Waals surface area contributed by atoms with Gasteiger partial charge in [-0.2, -0.15) is 0 Å². The van der Waals surface area contributed by atoms with E-state index in [1.807, 2.05) is 35.2 Å². The Hall–Kier alpha value is -2.41. The van der Waals surface area contributed by atoms with Crippen molar-refractivity contribution in [2.45, 2.75) is 50.7 Å². The molecule has 2 aliphatic heterocycles. The second-order valence-corrected chi connectivity index (χ2v) is 7.77. The van der Waals surface area contributed by atoms with Gasteiger partial charge in [0.25, 0.3) is 0 Å². The highest BCUT2D eigenvalue weighted by molar-refractivity contribution is 5.90. The molecule has 28 heavy (non-hydrogen) atoms. The number of nitrogens with zero attached hydrogens (tertiary/aromatic N) is 2. The Bertz CT molecular complexity index is 709. The van der Waals surface area contributed by atoms with Crippen LogP contribution in [0.3, 0.4) is 0 Å². The Morgan fingerprint density at radius 3 is 2.61 bits per heavy atom. The van der Waals surface area contributed by atoms with Crippen LogP contribution >= 0.6 is 0 Å². The fourth-order valence-corrected chi connectivity index (χ4v) is 4.25. The van der Waals surface area contributed by atoms with Crippen molar-refractivity contribution in [1.29, 1.82) is 0 Å². The zero-order chi connectivity index (χ0) is 20.1. The van der Waals surface area contributed by atoms with E-state index in [0.29, 0.717) is 13.0 Å². The zero-order valence-corrected chi connectivity index (χ0v) is 16.7. The van der Waals surface area contributed by atoms with Crippen molar-refractivity contribution in [1.82, 2.24) is 20.4 Å². The van der Waals surface area contributed by atoms with Crippen LogP contribution in [0.1, 0.15) is 31.7 Å². The number of hydrogen-bond acceptors (Lipinski definition) is 4. The minimum atomic E-state index is -0.705. The lowest BCUT2D eigenvalue weighted by atomic mass is 10.1. The van der Waals surface area contributed by atoms with Gasteiger partial charge in [-0.25, -0.2) is 0 Å². The molecule has 0 unspecified atom stereocenters. The number of rotatable bonds is 5. The number of benzene rings is 1. The Morgan fingerprint density at radius 1 is 1.14 bits per heavy atom. The molecule has 0 saturated carbocycles. The summed E-state index contributed by atoms with van der Waals surface area (Å²) in [4.78, 5) is 42.0. The van der Waals surface area contributed by atoms with Crippen molar-refractivity contribution in [2.24, 2.45) is 0 Å². The molecule has 3 rings (SSSR count). The van der Waals surface area contributed by atoms with Gasteiger partial charge < -0.3 is 20.4 Å². The molecule has 2 fully saturated rings. The number of hydrogen-bond donors (Lipinski definition) is 2. The van der Waals surface area contributed by atoms with Gasteiger partial charge in [0.2, 0.25) is 17.7 Å². The molecule has 0 spiro atoms. The van der Waals surface area contributed by atoms with Crippen LogP contribution in [0.25, 0.3) is 0 Å². The summed E-state index contributed by atoms with van der Waals surface area (Å²) in [6, 6.07) is 9.22. The molecule has 0 aromatic heterocycles. The first-order valence-electron chi connectivity index (χ1n) is 10.1. The monoisotopic (exact) mass is 386 g/mol. The largest absolute Gasteiger partial charge is 0.342 e. The van der Waals surface area contributed by atoms with E-state index in [2.05, 4.69) is 17.6 Å². The third kappa shape index (κ3) is 4.70. The first-order chi connectivity index (χ1) is 13.5. The second-order valence-electron chi connectivity index (χ2n) is 7.77. The van der Waals surface area contributed by atoms with Crippen LogP contribution < -0.4 is 10.6 Å². The summed E-state index contributed by atoms with van der Waals surface area (Å²) in [6.45, 7) is 3.02. The Kier molecular flexibility index (Phi) is 6.67. The van der Waals surface area contributed by atoms with E-state index in [9.17, 15) is 14.4 Å². The zero-order valence-electron chi connectivity index (χ0n) is 16.7. The molecule has 2 saturated heterocycles. The summed E-state index contributed by atoms with van der Waals surface area (Å²) in [5.74, 6) is -0.316. The number of fused-ring (bicyclic) bond motifs is 1. The van der Waals surface area contributed by atoms with Crippen LogP contribution in [0.5, 0.6) is 0 Å². The third-order valence-corrected chi connectivity index (χ3v) is 5.70. The van der Waals surface area contributed by atoms with E-state index in [1.54, 1.807) is 11.9 Å². The van der Waals surface area contributed by atoms with Crippen molar-refractivity contribution in [3.05, 3.63) is 35.9 Å². The fourth-order valence-electron chi connectivity index (χ4n) is 4.25. The predicted molar refractivity (Wildman–Crippen MR) is 107 cm³/mol. The summed E-state index contributed by atoms with van der Waals surface area (Å²) in [5.41, 5.74) is 0.952. The van der Waals surface area contributed by atoms with Gasteiger partial charge in [0.1, 0.15) is 6.04 Å². The molecule has 3 amide bonds. The topological polar surface area (TPSA) is 81.8 Å². The van der Waals surface area contributed by atoms with Crippen LogP contribution in [0.4, 0.5) is 0 Å². The lowest BCUT2D eigenvalue weighted by molar-refractivity contribution is -0.143. The molecule has 3 atom stereocenters. The van der Waals surface area contributed by atoms with Crippen LogP contribution in [-0.4, -0.2) is 72.3 Å². The van der Waals surface area contributed by atoms with Gasteiger partial charge in [0.05, 0.1) is 13.0 Å². The average Bonchev–Trinajstić information content (AvgIpc) is 3.03.